The van der Waals surface area contributed by atoms with Gasteiger partial charge in [-0.3, -0.25) is 0 Å². The van der Waals surface area contributed by atoms with Crippen molar-refractivity contribution in [1.29, 1.82) is 0 Å². The average molecular weight is 255 g/mol. The highest BCUT2D eigenvalue weighted by atomic mass is 19.1. The Morgan fingerprint density at radius 1 is 1.11 bits per heavy atom. The highest BCUT2D eigenvalue weighted by Gasteiger charge is 2.12. The number of nitrogens with one attached hydrogen (secondary N) is 1. The van der Waals surface area contributed by atoms with Crippen LogP contribution in [0.1, 0.15) is 39.2 Å². The molecular weight excluding hydrogens is 232 g/mol. The highest BCUT2D eigenvalue weighted by Crippen LogP contribution is 2.14. The summed E-state index contributed by atoms with van der Waals surface area (Å²) in [4.78, 5) is 0. The van der Waals surface area contributed by atoms with Crippen LogP contribution in [0.5, 0.6) is 0 Å². The highest BCUT2D eigenvalue weighted by molar-refractivity contribution is 5.18. The number of halogens is 2. The summed E-state index contributed by atoms with van der Waals surface area (Å²) in [5, 5.41) is 3.48. The Morgan fingerprint density at radius 3 is 2.22 bits per heavy atom. The molecule has 0 heterocycles. The lowest BCUT2D eigenvalue weighted by Crippen LogP contribution is -2.34. The maximum absolute atomic E-state index is 13.1. The van der Waals surface area contributed by atoms with E-state index in [0.29, 0.717) is 18.4 Å². The van der Waals surface area contributed by atoms with Crippen LogP contribution >= 0.6 is 0 Å². The second kappa shape index (κ2) is 7.47. The van der Waals surface area contributed by atoms with Crippen LogP contribution in [0.25, 0.3) is 0 Å². The van der Waals surface area contributed by atoms with Crippen LogP contribution in [0.15, 0.2) is 18.2 Å². The molecule has 0 saturated carbocycles. The molecule has 3 heteroatoms. The van der Waals surface area contributed by atoms with E-state index in [2.05, 4.69) is 26.1 Å². The van der Waals surface area contributed by atoms with E-state index in [1.807, 2.05) is 0 Å². The number of benzene rings is 1. The molecule has 0 aliphatic rings. The first-order valence-corrected chi connectivity index (χ1v) is 6.71. The largest absolute Gasteiger partial charge is 0.314 e. The lowest BCUT2D eigenvalue weighted by atomic mass is 9.96. The fraction of sp³-hybridized carbons (Fsp3) is 0.600. The van der Waals surface area contributed by atoms with E-state index in [9.17, 15) is 8.78 Å². The Morgan fingerprint density at radius 2 is 1.72 bits per heavy atom. The molecule has 0 aliphatic heterocycles. The van der Waals surface area contributed by atoms with Crippen molar-refractivity contribution in [2.45, 2.75) is 46.1 Å². The zero-order valence-electron chi connectivity index (χ0n) is 11.5. The Balaban J connectivity index is 2.55. The minimum absolute atomic E-state index is 0.399. The van der Waals surface area contributed by atoms with Gasteiger partial charge in [0.15, 0.2) is 0 Å². The van der Waals surface area contributed by atoms with Crippen molar-refractivity contribution in [1.82, 2.24) is 5.32 Å². The van der Waals surface area contributed by atoms with Gasteiger partial charge in [0.25, 0.3) is 0 Å². The van der Waals surface area contributed by atoms with Crippen LogP contribution in [0, 0.1) is 17.6 Å². The summed E-state index contributed by atoms with van der Waals surface area (Å²) in [7, 11) is 0. The molecule has 1 N–H and O–H groups in total. The minimum atomic E-state index is -0.493. The molecule has 0 spiro atoms. The Labute approximate surface area is 109 Å². The number of rotatable bonds is 7. The van der Waals surface area contributed by atoms with E-state index < -0.39 is 11.6 Å². The summed E-state index contributed by atoms with van der Waals surface area (Å²) in [6.07, 6.45) is 2.70. The Hall–Kier alpha value is -0.960. The van der Waals surface area contributed by atoms with Crippen LogP contribution < -0.4 is 5.32 Å². The first-order valence-electron chi connectivity index (χ1n) is 6.71. The zero-order valence-corrected chi connectivity index (χ0v) is 11.5. The molecule has 1 aromatic carbocycles. The van der Waals surface area contributed by atoms with Crippen molar-refractivity contribution >= 4 is 0 Å². The van der Waals surface area contributed by atoms with E-state index in [-0.39, 0.29) is 0 Å². The van der Waals surface area contributed by atoms with E-state index in [1.165, 1.54) is 12.1 Å². The summed E-state index contributed by atoms with van der Waals surface area (Å²) < 4.78 is 26.1. The molecule has 102 valence electrons. The molecular formula is C15H23F2N. The van der Waals surface area contributed by atoms with Crippen molar-refractivity contribution < 1.29 is 8.78 Å². The third kappa shape index (κ3) is 5.13. The third-order valence-corrected chi connectivity index (χ3v) is 3.13. The molecule has 1 nitrogen and oxygen atoms in total. The first kappa shape index (κ1) is 15.1. The van der Waals surface area contributed by atoms with Crippen LogP contribution in [0.4, 0.5) is 8.78 Å². The standard InChI is InChI=1S/C15H23F2N/c1-4-7-18-15(11(2)3)6-5-12-8-13(16)10-14(17)9-12/h8-11,15,18H,4-7H2,1-3H3. The maximum atomic E-state index is 13.1. The van der Waals surface area contributed by atoms with Gasteiger partial charge in [-0.1, -0.05) is 20.8 Å². The van der Waals surface area contributed by atoms with Crippen molar-refractivity contribution in [3.63, 3.8) is 0 Å². The maximum Gasteiger partial charge on any atom is 0.126 e. The summed E-state index contributed by atoms with van der Waals surface area (Å²) in [6, 6.07) is 4.15. The van der Waals surface area contributed by atoms with Gasteiger partial charge in [0.05, 0.1) is 0 Å². The van der Waals surface area contributed by atoms with E-state index >= 15 is 0 Å². The van der Waals surface area contributed by atoms with Gasteiger partial charge in [0, 0.05) is 12.1 Å². The van der Waals surface area contributed by atoms with Crippen LogP contribution in [0.3, 0.4) is 0 Å². The Kier molecular flexibility index (Phi) is 6.27. The molecule has 1 atom stereocenters. The van der Waals surface area contributed by atoms with Gasteiger partial charge in [-0.25, -0.2) is 8.78 Å². The number of aryl methyl sites for hydroxylation is 1. The zero-order chi connectivity index (χ0) is 13.5. The summed E-state index contributed by atoms with van der Waals surface area (Å²) in [5.41, 5.74) is 0.733. The lowest BCUT2D eigenvalue weighted by Gasteiger charge is -2.22. The van der Waals surface area contributed by atoms with Gasteiger partial charge in [0.1, 0.15) is 11.6 Å². The van der Waals surface area contributed by atoms with Crippen molar-refractivity contribution in [2.24, 2.45) is 5.92 Å². The summed E-state index contributed by atoms with van der Waals surface area (Å²) in [6.45, 7) is 7.45. The van der Waals surface area contributed by atoms with Gasteiger partial charge in [-0.05, 0) is 49.4 Å². The predicted molar refractivity (Wildman–Crippen MR) is 71.6 cm³/mol. The van der Waals surface area contributed by atoms with Crippen molar-refractivity contribution in [2.75, 3.05) is 6.54 Å². The second-order valence-electron chi connectivity index (χ2n) is 5.12. The molecule has 0 bridgehead atoms. The topological polar surface area (TPSA) is 12.0 Å². The van der Waals surface area contributed by atoms with Crippen molar-refractivity contribution in [3.8, 4) is 0 Å². The molecule has 1 aromatic rings. The van der Waals surface area contributed by atoms with Gasteiger partial charge in [0.2, 0.25) is 0 Å². The molecule has 0 radical (unpaired) electrons. The number of hydrogen-bond acceptors (Lipinski definition) is 1. The van der Waals surface area contributed by atoms with Gasteiger partial charge in [-0.2, -0.15) is 0 Å². The monoisotopic (exact) mass is 255 g/mol. The molecule has 0 amide bonds. The Bertz CT molecular complexity index is 343. The molecule has 0 fully saturated rings. The summed E-state index contributed by atoms with van der Waals surface area (Å²) >= 11 is 0. The summed E-state index contributed by atoms with van der Waals surface area (Å²) in [5.74, 6) is -0.463. The predicted octanol–water partition coefficient (Wildman–Crippen LogP) is 3.92. The van der Waals surface area contributed by atoms with E-state index in [1.54, 1.807) is 0 Å². The smallest absolute Gasteiger partial charge is 0.126 e. The van der Waals surface area contributed by atoms with Gasteiger partial charge < -0.3 is 5.32 Å². The van der Waals surface area contributed by atoms with Crippen LogP contribution in [0.2, 0.25) is 0 Å². The van der Waals surface area contributed by atoms with Crippen LogP contribution in [-0.4, -0.2) is 12.6 Å². The quantitative estimate of drug-likeness (QED) is 0.778. The molecule has 0 saturated heterocycles. The molecule has 0 aliphatic carbocycles. The van der Waals surface area contributed by atoms with E-state index in [4.69, 9.17) is 0 Å². The van der Waals surface area contributed by atoms with Crippen molar-refractivity contribution in [3.05, 3.63) is 35.4 Å². The fourth-order valence-electron chi connectivity index (χ4n) is 2.08. The van der Waals surface area contributed by atoms with Gasteiger partial charge in [-0.15, -0.1) is 0 Å². The first-order chi connectivity index (χ1) is 8.52. The van der Waals surface area contributed by atoms with Crippen LogP contribution in [-0.2, 0) is 6.42 Å². The second-order valence-corrected chi connectivity index (χ2v) is 5.12. The van der Waals surface area contributed by atoms with E-state index in [0.717, 1.165) is 31.0 Å². The minimum Gasteiger partial charge on any atom is -0.314 e. The fourth-order valence-corrected chi connectivity index (χ4v) is 2.08. The van der Waals surface area contributed by atoms with Gasteiger partial charge >= 0.3 is 0 Å². The lowest BCUT2D eigenvalue weighted by molar-refractivity contribution is 0.378. The molecule has 1 rings (SSSR count). The number of hydrogen-bond donors (Lipinski definition) is 1. The molecule has 1 unspecified atom stereocenters. The molecule has 0 aromatic heterocycles. The third-order valence-electron chi connectivity index (χ3n) is 3.13. The normalized spacial score (nSPS) is 13.0. The SMILES string of the molecule is CCCNC(CCc1cc(F)cc(F)c1)C(C)C. The molecule has 18 heavy (non-hydrogen) atoms. The average Bonchev–Trinajstić information content (AvgIpc) is 2.27.